The Morgan fingerprint density at radius 1 is 0.950 bits per heavy atom. The highest BCUT2D eigenvalue weighted by Gasteiger charge is 2.34. The summed E-state index contributed by atoms with van der Waals surface area (Å²) in [6, 6.07) is 1.95. The Hall–Kier alpha value is -1.40. The molecule has 2 atom stereocenters. The van der Waals surface area contributed by atoms with Gasteiger partial charge in [-0.3, -0.25) is 0 Å². The van der Waals surface area contributed by atoms with Crippen molar-refractivity contribution in [3.05, 3.63) is 12.4 Å². The molecule has 110 valence electrons. The van der Waals surface area contributed by atoms with E-state index in [1.165, 1.54) is 0 Å². The average molecular weight is 278 g/mol. The molecule has 1 aromatic rings. The molecule has 1 aromatic heterocycles. The van der Waals surface area contributed by atoms with E-state index in [2.05, 4.69) is 19.8 Å². The monoisotopic (exact) mass is 278 g/mol. The zero-order chi connectivity index (χ0) is 14.4. The van der Waals surface area contributed by atoms with Crippen LogP contribution in [-0.2, 0) is 0 Å². The van der Waals surface area contributed by atoms with Crippen LogP contribution in [0.1, 0.15) is 26.7 Å². The molecule has 0 aromatic carbocycles. The lowest BCUT2D eigenvalue weighted by molar-refractivity contribution is 0.0834. The lowest BCUT2D eigenvalue weighted by Crippen LogP contribution is -2.31. The molecule has 2 fully saturated rings. The third kappa shape index (κ3) is 2.71. The molecule has 0 aliphatic carbocycles. The average Bonchev–Trinajstić information content (AvgIpc) is 2.92. The van der Waals surface area contributed by atoms with Crippen molar-refractivity contribution >= 4 is 11.6 Å². The first-order chi connectivity index (χ1) is 9.35. The number of rotatable bonds is 2. The van der Waals surface area contributed by atoms with Gasteiger partial charge in [0.15, 0.2) is 0 Å². The molecule has 2 saturated heterocycles. The molecular weight excluding hydrogens is 256 g/mol. The van der Waals surface area contributed by atoms with Crippen molar-refractivity contribution in [2.45, 2.75) is 37.9 Å². The van der Waals surface area contributed by atoms with Crippen LogP contribution in [0.3, 0.4) is 0 Å². The second-order valence-electron chi connectivity index (χ2n) is 6.57. The van der Waals surface area contributed by atoms with Crippen molar-refractivity contribution in [3.63, 3.8) is 0 Å². The van der Waals surface area contributed by atoms with Gasteiger partial charge in [-0.25, -0.2) is 9.97 Å². The van der Waals surface area contributed by atoms with Crippen LogP contribution in [0.25, 0.3) is 0 Å². The smallest absolute Gasteiger partial charge is 0.134 e. The van der Waals surface area contributed by atoms with E-state index in [4.69, 9.17) is 0 Å². The minimum Gasteiger partial charge on any atom is -0.388 e. The topological polar surface area (TPSA) is 72.7 Å². The molecule has 3 rings (SSSR count). The van der Waals surface area contributed by atoms with Crippen molar-refractivity contribution in [3.8, 4) is 0 Å². The molecule has 2 aliphatic heterocycles. The van der Waals surface area contributed by atoms with Crippen molar-refractivity contribution in [1.29, 1.82) is 0 Å². The second-order valence-corrected chi connectivity index (χ2v) is 6.57. The number of hydrogen-bond acceptors (Lipinski definition) is 6. The van der Waals surface area contributed by atoms with E-state index >= 15 is 0 Å². The van der Waals surface area contributed by atoms with Crippen LogP contribution in [0.5, 0.6) is 0 Å². The quantitative estimate of drug-likeness (QED) is 0.816. The van der Waals surface area contributed by atoms with Crippen molar-refractivity contribution < 1.29 is 10.2 Å². The summed E-state index contributed by atoms with van der Waals surface area (Å²) >= 11 is 0. The lowest BCUT2D eigenvalue weighted by Gasteiger charge is -2.23. The van der Waals surface area contributed by atoms with E-state index < -0.39 is 11.2 Å². The molecular formula is C14H22N4O2. The molecule has 6 heteroatoms. The molecule has 2 unspecified atom stereocenters. The van der Waals surface area contributed by atoms with Crippen LogP contribution in [0.15, 0.2) is 12.4 Å². The number of aliphatic hydroxyl groups is 2. The maximum atomic E-state index is 10.0. The van der Waals surface area contributed by atoms with Crippen molar-refractivity contribution in [1.82, 2.24) is 9.97 Å². The van der Waals surface area contributed by atoms with Gasteiger partial charge in [0.05, 0.1) is 11.2 Å². The molecule has 0 radical (unpaired) electrons. The maximum absolute atomic E-state index is 10.0. The van der Waals surface area contributed by atoms with Gasteiger partial charge in [-0.05, 0) is 26.7 Å². The minimum atomic E-state index is -0.636. The van der Waals surface area contributed by atoms with E-state index in [9.17, 15) is 10.2 Å². The first-order valence-electron chi connectivity index (χ1n) is 7.11. The summed E-state index contributed by atoms with van der Waals surface area (Å²) in [5.74, 6) is 1.69. The normalized spacial score (nSPS) is 34.0. The highest BCUT2D eigenvalue weighted by atomic mass is 16.3. The Balaban J connectivity index is 1.77. The van der Waals surface area contributed by atoms with Crippen molar-refractivity contribution in [2.75, 3.05) is 36.0 Å². The standard InChI is InChI=1S/C14H22N4O2/c1-13(19)3-5-17(8-13)11-7-12(16-10-15-11)18-6-4-14(2,20)9-18/h7,10,19-20H,3-6,8-9H2,1-2H3. The Morgan fingerprint density at radius 2 is 1.40 bits per heavy atom. The SMILES string of the molecule is CC1(O)CCN(c2cc(N3CCC(C)(O)C3)ncn2)C1. The number of nitrogens with zero attached hydrogens (tertiary/aromatic N) is 4. The van der Waals surface area contributed by atoms with Crippen LogP contribution in [-0.4, -0.2) is 57.6 Å². The van der Waals surface area contributed by atoms with Gasteiger partial charge in [-0.2, -0.15) is 0 Å². The van der Waals surface area contributed by atoms with Crippen LogP contribution < -0.4 is 9.80 Å². The van der Waals surface area contributed by atoms with Crippen LogP contribution in [0, 0.1) is 0 Å². The minimum absolute atomic E-state index is 0.598. The predicted molar refractivity (Wildman–Crippen MR) is 76.9 cm³/mol. The van der Waals surface area contributed by atoms with Crippen molar-refractivity contribution in [2.24, 2.45) is 0 Å². The number of aromatic nitrogens is 2. The summed E-state index contributed by atoms with van der Waals surface area (Å²) in [6.45, 7) is 6.52. The number of hydrogen-bond donors (Lipinski definition) is 2. The molecule has 0 spiro atoms. The van der Waals surface area contributed by atoms with Gasteiger partial charge in [0.2, 0.25) is 0 Å². The molecule has 6 nitrogen and oxygen atoms in total. The van der Waals surface area contributed by atoms with Gasteiger partial charge in [-0.1, -0.05) is 0 Å². The molecule has 20 heavy (non-hydrogen) atoms. The fraction of sp³-hybridized carbons (Fsp3) is 0.714. The predicted octanol–water partition coefficient (Wildman–Crippen LogP) is 0.399. The van der Waals surface area contributed by atoms with E-state index in [0.29, 0.717) is 13.1 Å². The highest BCUT2D eigenvalue weighted by molar-refractivity contribution is 5.52. The summed E-state index contributed by atoms with van der Waals surface area (Å²) < 4.78 is 0. The molecule has 0 bridgehead atoms. The van der Waals surface area contributed by atoms with Crippen LogP contribution >= 0.6 is 0 Å². The van der Waals surface area contributed by atoms with Gasteiger partial charge >= 0.3 is 0 Å². The summed E-state index contributed by atoms with van der Waals surface area (Å²) in [7, 11) is 0. The van der Waals surface area contributed by atoms with Gasteiger partial charge in [-0.15, -0.1) is 0 Å². The molecule has 0 saturated carbocycles. The third-order valence-corrected chi connectivity index (χ3v) is 4.19. The summed E-state index contributed by atoms with van der Waals surface area (Å²) in [5, 5.41) is 20.1. The first kappa shape index (κ1) is 13.6. The summed E-state index contributed by atoms with van der Waals surface area (Å²) in [4.78, 5) is 12.8. The Bertz CT molecular complexity index is 462. The summed E-state index contributed by atoms with van der Waals surface area (Å²) in [6.07, 6.45) is 3.07. The maximum Gasteiger partial charge on any atom is 0.134 e. The van der Waals surface area contributed by atoms with Gasteiger partial charge in [0.25, 0.3) is 0 Å². The number of β-amino-alcohol motifs (C(OH)–C–C–N with tert-alkyl or cyclic N) is 2. The second kappa shape index (κ2) is 4.56. The van der Waals surface area contributed by atoms with E-state index in [-0.39, 0.29) is 0 Å². The molecule has 2 aliphatic rings. The zero-order valence-electron chi connectivity index (χ0n) is 12.1. The largest absolute Gasteiger partial charge is 0.388 e. The zero-order valence-corrected chi connectivity index (χ0v) is 12.1. The Morgan fingerprint density at radius 3 is 1.75 bits per heavy atom. The van der Waals surface area contributed by atoms with E-state index in [1.807, 2.05) is 19.9 Å². The molecule has 0 amide bonds. The summed E-state index contributed by atoms with van der Waals surface area (Å²) in [5.41, 5.74) is -1.27. The fourth-order valence-corrected chi connectivity index (χ4v) is 2.96. The van der Waals surface area contributed by atoms with Crippen LogP contribution in [0.2, 0.25) is 0 Å². The van der Waals surface area contributed by atoms with E-state index in [0.717, 1.165) is 37.6 Å². The first-order valence-corrected chi connectivity index (χ1v) is 7.11. The fourth-order valence-electron chi connectivity index (χ4n) is 2.96. The molecule has 3 heterocycles. The van der Waals surface area contributed by atoms with Gasteiger partial charge in [0, 0.05) is 32.2 Å². The Labute approximate surface area is 119 Å². The third-order valence-electron chi connectivity index (χ3n) is 4.19. The van der Waals surface area contributed by atoms with Gasteiger partial charge in [0.1, 0.15) is 18.0 Å². The Kier molecular flexibility index (Phi) is 3.10. The van der Waals surface area contributed by atoms with Gasteiger partial charge < -0.3 is 20.0 Å². The highest BCUT2D eigenvalue weighted by Crippen LogP contribution is 2.29. The van der Waals surface area contributed by atoms with Crippen LogP contribution in [0.4, 0.5) is 11.6 Å². The van der Waals surface area contributed by atoms with E-state index in [1.54, 1.807) is 6.33 Å². The number of anilines is 2. The lowest BCUT2D eigenvalue weighted by atomic mass is 10.1. The molecule has 2 N–H and O–H groups in total.